The molecule has 0 aromatic heterocycles. The molecule has 0 bridgehead atoms. The predicted octanol–water partition coefficient (Wildman–Crippen LogP) is 3.43. The van der Waals surface area contributed by atoms with Crippen LogP contribution in [0.4, 0.5) is 0 Å². The average Bonchev–Trinajstić information content (AvgIpc) is 2.76. The van der Waals surface area contributed by atoms with Crippen LogP contribution in [0, 0.1) is 0 Å². The van der Waals surface area contributed by atoms with E-state index in [9.17, 15) is 19.9 Å². The zero-order valence-corrected chi connectivity index (χ0v) is 19.1. The molecule has 0 amide bonds. The van der Waals surface area contributed by atoms with Crippen molar-refractivity contribution in [2.75, 3.05) is 6.61 Å². The Balaban J connectivity index is 2.28. The fraction of sp³-hybridized carbons (Fsp3) is 0.409. The maximum absolute atomic E-state index is 12.3. The van der Waals surface area contributed by atoms with Crippen molar-refractivity contribution in [2.24, 2.45) is 5.11 Å². The number of benzene rings is 2. The van der Waals surface area contributed by atoms with Gasteiger partial charge in [-0.2, -0.15) is 0 Å². The predicted molar refractivity (Wildman–Crippen MR) is 120 cm³/mol. The molecule has 5 atom stereocenters. The maximum Gasteiger partial charge on any atom is 0.303 e. The van der Waals surface area contributed by atoms with Crippen LogP contribution in [0.5, 0.6) is 0 Å². The molecule has 0 aliphatic carbocycles. The van der Waals surface area contributed by atoms with Gasteiger partial charge in [0.15, 0.2) is 5.60 Å². The molecule has 2 aromatic carbocycles. The lowest BCUT2D eigenvalue weighted by molar-refractivity contribution is -0.233. The highest BCUT2D eigenvalue weighted by atomic mass is 32.1. The Labute approximate surface area is 195 Å². The van der Waals surface area contributed by atoms with Crippen LogP contribution >= 0.6 is 12.6 Å². The summed E-state index contributed by atoms with van der Waals surface area (Å²) in [5.74, 6) is -1.97. The van der Waals surface area contributed by atoms with Gasteiger partial charge in [-0.25, -0.2) is 0 Å². The zero-order valence-electron chi connectivity index (χ0n) is 18.2. The van der Waals surface area contributed by atoms with Crippen molar-refractivity contribution < 1.29 is 33.3 Å². The zero-order chi connectivity index (χ0) is 24.2. The number of fused-ring (bicyclic) bond motifs is 1. The first-order valence-electron chi connectivity index (χ1n) is 10.1. The maximum atomic E-state index is 12.3. The summed E-state index contributed by atoms with van der Waals surface area (Å²) < 4.78 is 22.4. The van der Waals surface area contributed by atoms with E-state index in [4.69, 9.17) is 18.9 Å². The van der Waals surface area contributed by atoms with Crippen molar-refractivity contribution in [3.8, 4) is 0 Å². The van der Waals surface area contributed by atoms with Crippen molar-refractivity contribution in [3.63, 3.8) is 0 Å². The third kappa shape index (κ3) is 4.90. The lowest BCUT2D eigenvalue weighted by Gasteiger charge is -2.50. The molecule has 10 nitrogen and oxygen atoms in total. The third-order valence-corrected chi connectivity index (χ3v) is 5.75. The number of azide groups is 1. The van der Waals surface area contributed by atoms with Crippen molar-refractivity contribution in [2.45, 2.75) is 50.1 Å². The highest BCUT2D eigenvalue weighted by molar-refractivity contribution is 7.80. The molecule has 1 fully saturated rings. The average molecular weight is 474 g/mol. The first-order valence-corrected chi connectivity index (χ1v) is 10.6. The van der Waals surface area contributed by atoms with Crippen molar-refractivity contribution in [3.05, 3.63) is 58.5 Å². The topological polar surface area (TPSA) is 137 Å². The van der Waals surface area contributed by atoms with Crippen LogP contribution in [0.15, 0.2) is 47.6 Å². The van der Waals surface area contributed by atoms with Gasteiger partial charge in [0, 0.05) is 31.2 Å². The second-order valence-electron chi connectivity index (χ2n) is 7.47. The van der Waals surface area contributed by atoms with Crippen LogP contribution in [-0.2, 0) is 38.9 Å². The summed E-state index contributed by atoms with van der Waals surface area (Å²) in [5.41, 5.74) is 6.93. The molecule has 1 heterocycles. The van der Waals surface area contributed by atoms with Crippen LogP contribution in [0.2, 0.25) is 0 Å². The molecule has 0 N–H and O–H groups in total. The Bertz CT molecular complexity index is 1110. The first-order chi connectivity index (χ1) is 15.7. The molecule has 174 valence electrons. The van der Waals surface area contributed by atoms with Crippen molar-refractivity contribution >= 4 is 41.3 Å². The number of rotatable bonds is 6. The van der Waals surface area contributed by atoms with Gasteiger partial charge in [0.1, 0.15) is 30.3 Å². The minimum Gasteiger partial charge on any atom is -0.463 e. The summed E-state index contributed by atoms with van der Waals surface area (Å²) in [7, 11) is 0. The fourth-order valence-corrected chi connectivity index (χ4v) is 4.57. The van der Waals surface area contributed by atoms with Crippen LogP contribution in [0.1, 0.15) is 26.3 Å². The second-order valence-corrected chi connectivity index (χ2v) is 7.94. The van der Waals surface area contributed by atoms with Crippen LogP contribution < -0.4 is 0 Å². The van der Waals surface area contributed by atoms with E-state index in [1.807, 2.05) is 24.3 Å². The van der Waals surface area contributed by atoms with Gasteiger partial charge < -0.3 is 18.9 Å². The monoisotopic (exact) mass is 473 g/mol. The van der Waals surface area contributed by atoms with E-state index in [-0.39, 0.29) is 6.61 Å². The second kappa shape index (κ2) is 10.1. The van der Waals surface area contributed by atoms with Gasteiger partial charge >= 0.3 is 17.9 Å². The molecule has 2 aromatic rings. The van der Waals surface area contributed by atoms with Gasteiger partial charge in [-0.05, 0) is 16.3 Å². The number of carbonyl (C=O) groups excluding carboxylic acids is 3. The van der Waals surface area contributed by atoms with E-state index < -0.39 is 47.2 Å². The molecular weight excluding hydrogens is 450 g/mol. The number of hydrogen-bond donors (Lipinski definition) is 1. The highest BCUT2D eigenvalue weighted by Gasteiger charge is 2.60. The smallest absolute Gasteiger partial charge is 0.303 e. The number of carbonyl (C=O) groups is 3. The molecule has 0 unspecified atom stereocenters. The van der Waals surface area contributed by atoms with E-state index in [0.29, 0.717) is 10.9 Å². The van der Waals surface area contributed by atoms with E-state index >= 15 is 0 Å². The lowest BCUT2D eigenvalue weighted by atomic mass is 9.78. The molecular formula is C22H23N3O7S. The first kappa shape index (κ1) is 24.4. The summed E-state index contributed by atoms with van der Waals surface area (Å²) in [5, 5.41) is 5.42. The minimum absolute atomic E-state index is 0.298. The van der Waals surface area contributed by atoms with Crippen LogP contribution in [0.3, 0.4) is 0 Å². The highest BCUT2D eigenvalue weighted by Crippen LogP contribution is 2.48. The van der Waals surface area contributed by atoms with E-state index in [1.54, 1.807) is 18.2 Å². The van der Waals surface area contributed by atoms with Crippen LogP contribution in [-0.4, -0.2) is 48.2 Å². The normalized spacial score (nSPS) is 26.7. The third-order valence-electron chi connectivity index (χ3n) is 5.24. The number of esters is 3. The number of hydrogen-bond acceptors (Lipinski definition) is 9. The Morgan fingerprint density at radius 2 is 1.79 bits per heavy atom. The molecule has 1 saturated heterocycles. The van der Waals surface area contributed by atoms with E-state index in [1.165, 1.54) is 20.8 Å². The number of ether oxygens (including phenoxy) is 4. The number of nitrogens with zero attached hydrogens (tertiary/aromatic N) is 3. The van der Waals surface area contributed by atoms with Gasteiger partial charge in [0.05, 0.1) is 0 Å². The SMILES string of the molecule is CC(=O)OC[C@H]1O[C@H](S)[C@@](OC(C)=O)(c2cccc3ccccc23)[C@@H](N=[N+]=[N-])[C@H]1OC(C)=O. The van der Waals surface area contributed by atoms with Gasteiger partial charge in [-0.15, -0.1) is 12.6 Å². The molecule has 1 aliphatic heterocycles. The van der Waals surface area contributed by atoms with Gasteiger partial charge in [-0.3, -0.25) is 14.4 Å². The summed E-state index contributed by atoms with van der Waals surface area (Å²) >= 11 is 4.58. The molecule has 11 heteroatoms. The quantitative estimate of drug-likeness (QED) is 0.169. The molecule has 0 saturated carbocycles. The molecule has 33 heavy (non-hydrogen) atoms. The Hall–Kier alpha value is -3.27. The van der Waals surface area contributed by atoms with Crippen LogP contribution in [0.25, 0.3) is 21.2 Å². The summed E-state index contributed by atoms with van der Waals surface area (Å²) in [6, 6.07) is 11.4. The van der Waals surface area contributed by atoms with E-state index in [2.05, 4.69) is 22.7 Å². The van der Waals surface area contributed by atoms with E-state index in [0.717, 1.165) is 5.39 Å². The Kier molecular flexibility index (Phi) is 7.47. The Morgan fingerprint density at radius 1 is 1.09 bits per heavy atom. The standard InChI is InChI=1S/C22H23N3O7S/c1-12(26)29-11-18-19(30-13(2)27)20(24-25-23)22(21(33)31-18,32-14(3)28)17-10-6-8-15-7-4-5-9-16(15)17/h4-10,18-21,33H,11H2,1-3H3/t18-,19+,20+,21-,22-/m1/s1. The summed E-state index contributed by atoms with van der Waals surface area (Å²) in [6.07, 6.45) is -2.28. The molecule has 0 radical (unpaired) electrons. The van der Waals surface area contributed by atoms with Gasteiger partial charge in [-0.1, -0.05) is 47.6 Å². The molecule has 3 rings (SSSR count). The van der Waals surface area contributed by atoms with Gasteiger partial charge in [0.2, 0.25) is 0 Å². The number of thiol groups is 1. The Morgan fingerprint density at radius 3 is 2.42 bits per heavy atom. The lowest BCUT2D eigenvalue weighted by Crippen LogP contribution is -2.65. The van der Waals surface area contributed by atoms with Gasteiger partial charge in [0.25, 0.3) is 0 Å². The van der Waals surface area contributed by atoms with Crippen molar-refractivity contribution in [1.82, 2.24) is 0 Å². The summed E-state index contributed by atoms with van der Waals surface area (Å²) in [4.78, 5) is 38.6. The molecule has 1 aliphatic rings. The minimum atomic E-state index is -1.77. The van der Waals surface area contributed by atoms with Crippen molar-refractivity contribution in [1.29, 1.82) is 0 Å². The fourth-order valence-electron chi connectivity index (χ4n) is 4.07. The summed E-state index contributed by atoms with van der Waals surface area (Å²) in [6.45, 7) is 3.29. The molecule has 0 spiro atoms. The largest absolute Gasteiger partial charge is 0.463 e.